The van der Waals surface area contributed by atoms with Crippen molar-refractivity contribution in [2.45, 2.75) is 13.8 Å². The zero-order chi connectivity index (χ0) is 9.14. The second kappa shape index (κ2) is 3.30. The average Bonchev–Trinajstić information content (AvgIpc) is 2.08. The summed E-state index contributed by atoms with van der Waals surface area (Å²) < 4.78 is 0. The Kier molecular flexibility index (Phi) is 2.38. The van der Waals surface area contributed by atoms with E-state index in [4.69, 9.17) is 5.73 Å². The lowest BCUT2D eigenvalue weighted by Crippen LogP contribution is -2.27. The molecule has 1 aromatic rings. The Hall–Kier alpha value is -1.44. The lowest BCUT2D eigenvalue weighted by molar-refractivity contribution is 0.470. The van der Waals surface area contributed by atoms with Crippen molar-refractivity contribution in [2.75, 3.05) is 5.73 Å². The van der Waals surface area contributed by atoms with Crippen LogP contribution in [0.4, 0.5) is 5.69 Å². The topological polar surface area (TPSA) is 46.2 Å². The molecule has 0 aliphatic carbocycles. The van der Waals surface area contributed by atoms with Crippen molar-refractivity contribution in [1.82, 2.24) is 0 Å². The van der Waals surface area contributed by atoms with E-state index in [-0.39, 0.29) is 5.75 Å². The van der Waals surface area contributed by atoms with Gasteiger partial charge in [0.25, 0.3) is 0 Å². The van der Waals surface area contributed by atoms with Crippen LogP contribution < -0.4 is 16.2 Å². The van der Waals surface area contributed by atoms with Crippen molar-refractivity contribution in [1.29, 1.82) is 0 Å². The monoisotopic (exact) mass is 163 g/mol. The molecule has 0 amide bonds. The first-order chi connectivity index (χ1) is 5.70. The Balaban J connectivity index is 3.76. The standard InChI is InChI=1S/C10H13NO/c1-3-7-8(4-2)10(12)6-5-9(7)11/h3-6,12H,11H2,1-2H3/b7-3+,8-4+. The minimum atomic E-state index is 0.278. The molecular formula is C10H13NO. The molecule has 0 heterocycles. The highest BCUT2D eigenvalue weighted by molar-refractivity contribution is 5.50. The number of nitrogen functional groups attached to an aromatic ring is 1. The van der Waals surface area contributed by atoms with Crippen LogP contribution in [0.5, 0.6) is 5.75 Å². The van der Waals surface area contributed by atoms with E-state index in [1.165, 1.54) is 0 Å². The van der Waals surface area contributed by atoms with Crippen LogP contribution in [0, 0.1) is 0 Å². The molecule has 2 heteroatoms. The molecule has 64 valence electrons. The summed E-state index contributed by atoms with van der Waals surface area (Å²) in [5.41, 5.74) is 6.41. The Morgan fingerprint density at radius 3 is 2.17 bits per heavy atom. The Labute approximate surface area is 71.6 Å². The van der Waals surface area contributed by atoms with Gasteiger partial charge in [-0.05, 0) is 26.0 Å². The molecule has 1 rings (SSSR count). The summed E-state index contributed by atoms with van der Waals surface area (Å²) in [6, 6.07) is 3.31. The van der Waals surface area contributed by atoms with Crippen LogP contribution in [0.1, 0.15) is 13.8 Å². The summed E-state index contributed by atoms with van der Waals surface area (Å²) in [7, 11) is 0. The van der Waals surface area contributed by atoms with Gasteiger partial charge >= 0.3 is 0 Å². The van der Waals surface area contributed by atoms with Gasteiger partial charge in [-0.25, -0.2) is 0 Å². The minimum Gasteiger partial charge on any atom is -0.507 e. The Morgan fingerprint density at radius 1 is 1.17 bits per heavy atom. The molecule has 0 spiro atoms. The molecule has 0 aliphatic heterocycles. The quantitative estimate of drug-likeness (QED) is 0.434. The summed E-state index contributed by atoms with van der Waals surface area (Å²) >= 11 is 0. The second-order valence-corrected chi connectivity index (χ2v) is 2.58. The number of rotatable bonds is 0. The number of anilines is 1. The first kappa shape index (κ1) is 8.65. The fourth-order valence-electron chi connectivity index (χ4n) is 1.27. The van der Waals surface area contributed by atoms with E-state index >= 15 is 0 Å². The van der Waals surface area contributed by atoms with Gasteiger partial charge in [0, 0.05) is 16.1 Å². The van der Waals surface area contributed by atoms with Crippen LogP contribution in [-0.4, -0.2) is 5.11 Å². The molecule has 0 saturated carbocycles. The third kappa shape index (κ3) is 1.28. The molecule has 0 aromatic heterocycles. The Morgan fingerprint density at radius 2 is 1.75 bits per heavy atom. The van der Waals surface area contributed by atoms with E-state index in [0.717, 1.165) is 10.4 Å². The van der Waals surface area contributed by atoms with Gasteiger partial charge in [0.15, 0.2) is 0 Å². The van der Waals surface area contributed by atoms with Crippen LogP contribution in [0.2, 0.25) is 0 Å². The van der Waals surface area contributed by atoms with Gasteiger partial charge < -0.3 is 10.8 Å². The highest BCUT2D eigenvalue weighted by atomic mass is 16.3. The van der Waals surface area contributed by atoms with Crippen molar-refractivity contribution in [2.24, 2.45) is 0 Å². The summed E-state index contributed by atoms with van der Waals surface area (Å²) in [4.78, 5) is 0. The molecule has 0 fully saturated rings. The predicted molar refractivity (Wildman–Crippen MR) is 52.0 cm³/mol. The van der Waals surface area contributed by atoms with Crippen LogP contribution in [-0.2, 0) is 0 Å². The maximum absolute atomic E-state index is 9.44. The summed E-state index contributed by atoms with van der Waals surface area (Å²) in [6.07, 6.45) is 3.74. The second-order valence-electron chi connectivity index (χ2n) is 2.58. The zero-order valence-corrected chi connectivity index (χ0v) is 7.33. The number of nitrogens with two attached hydrogens (primary N) is 1. The number of aromatic hydroxyl groups is 1. The first-order valence-electron chi connectivity index (χ1n) is 3.91. The molecule has 0 radical (unpaired) electrons. The number of benzene rings is 1. The van der Waals surface area contributed by atoms with Gasteiger partial charge in [-0.3, -0.25) is 0 Å². The van der Waals surface area contributed by atoms with Gasteiger partial charge in [0.05, 0.1) is 0 Å². The highest BCUT2D eigenvalue weighted by Crippen LogP contribution is 1.99. The molecule has 12 heavy (non-hydrogen) atoms. The maximum atomic E-state index is 9.44. The van der Waals surface area contributed by atoms with E-state index in [9.17, 15) is 5.11 Å². The van der Waals surface area contributed by atoms with Gasteiger partial charge in [-0.2, -0.15) is 0 Å². The number of phenolic OH excluding ortho intramolecular Hbond substituents is 1. The fraction of sp³-hybridized carbons (Fsp3) is 0.200. The number of hydrogen-bond donors (Lipinski definition) is 2. The van der Waals surface area contributed by atoms with Gasteiger partial charge in [-0.1, -0.05) is 12.2 Å². The minimum absolute atomic E-state index is 0.278. The third-order valence-electron chi connectivity index (χ3n) is 1.88. The van der Waals surface area contributed by atoms with Crippen molar-refractivity contribution in [3.05, 3.63) is 22.6 Å². The molecule has 1 aromatic carbocycles. The van der Waals surface area contributed by atoms with E-state index in [1.54, 1.807) is 12.1 Å². The summed E-state index contributed by atoms with van der Waals surface area (Å²) in [6.45, 7) is 3.78. The molecule has 0 unspecified atom stereocenters. The average molecular weight is 163 g/mol. The Bertz CT molecular complexity index is 354. The molecule has 3 N–H and O–H groups in total. The van der Waals surface area contributed by atoms with E-state index < -0.39 is 0 Å². The molecule has 0 atom stereocenters. The van der Waals surface area contributed by atoms with Crippen LogP contribution >= 0.6 is 0 Å². The molecule has 2 nitrogen and oxygen atoms in total. The summed E-state index contributed by atoms with van der Waals surface area (Å²) in [5, 5.41) is 11.1. The first-order valence-corrected chi connectivity index (χ1v) is 3.91. The SMILES string of the molecule is C/C=c1/c(N)ccc(O)/c1=C/C. The predicted octanol–water partition coefficient (Wildman–Crippen LogP) is 0.575. The van der Waals surface area contributed by atoms with Crippen LogP contribution in [0.25, 0.3) is 12.2 Å². The van der Waals surface area contributed by atoms with Crippen molar-refractivity contribution in [3.8, 4) is 5.75 Å². The van der Waals surface area contributed by atoms with Gasteiger partial charge in [0.2, 0.25) is 0 Å². The van der Waals surface area contributed by atoms with E-state index in [0.29, 0.717) is 5.69 Å². The highest BCUT2D eigenvalue weighted by Gasteiger charge is 1.94. The van der Waals surface area contributed by atoms with Gasteiger partial charge in [0.1, 0.15) is 5.75 Å². The van der Waals surface area contributed by atoms with Crippen molar-refractivity contribution >= 4 is 17.8 Å². The lowest BCUT2D eigenvalue weighted by atomic mass is 10.2. The summed E-state index contributed by atoms with van der Waals surface area (Å²) in [5.74, 6) is 0.278. The van der Waals surface area contributed by atoms with Gasteiger partial charge in [-0.15, -0.1) is 0 Å². The molecule has 0 aliphatic rings. The van der Waals surface area contributed by atoms with E-state index in [2.05, 4.69) is 0 Å². The largest absolute Gasteiger partial charge is 0.507 e. The maximum Gasteiger partial charge on any atom is 0.123 e. The molecular weight excluding hydrogens is 150 g/mol. The van der Waals surface area contributed by atoms with E-state index in [1.807, 2.05) is 26.0 Å². The van der Waals surface area contributed by atoms with Crippen molar-refractivity contribution in [3.63, 3.8) is 0 Å². The zero-order valence-electron chi connectivity index (χ0n) is 7.33. The van der Waals surface area contributed by atoms with Crippen molar-refractivity contribution < 1.29 is 5.11 Å². The van der Waals surface area contributed by atoms with Crippen LogP contribution in [0.3, 0.4) is 0 Å². The smallest absolute Gasteiger partial charge is 0.123 e. The van der Waals surface area contributed by atoms with Crippen LogP contribution in [0.15, 0.2) is 12.1 Å². The third-order valence-corrected chi connectivity index (χ3v) is 1.88. The molecule has 0 bridgehead atoms. The fourth-order valence-corrected chi connectivity index (χ4v) is 1.27. The normalized spacial score (nSPS) is 13.8. The number of phenols is 1. The number of hydrogen-bond acceptors (Lipinski definition) is 2. The lowest BCUT2D eigenvalue weighted by Gasteiger charge is -1.98. The molecule has 0 saturated heterocycles.